The Labute approximate surface area is 131 Å². The minimum absolute atomic E-state index is 0.0481. The Morgan fingerprint density at radius 2 is 2.14 bits per heavy atom. The van der Waals surface area contributed by atoms with Crippen LogP contribution in [0.1, 0.15) is 46.1 Å². The van der Waals surface area contributed by atoms with E-state index in [1.54, 1.807) is 11.3 Å². The third-order valence-corrected chi connectivity index (χ3v) is 4.01. The van der Waals surface area contributed by atoms with Gasteiger partial charge in [0, 0.05) is 12.0 Å². The smallest absolute Gasteiger partial charge is 0.407 e. The predicted octanol–water partition coefficient (Wildman–Crippen LogP) is 3.59. The highest BCUT2D eigenvalue weighted by molar-refractivity contribution is 7.07. The highest BCUT2D eigenvalue weighted by Gasteiger charge is 2.30. The fraction of sp³-hybridized carbons (Fsp3) is 0.688. The quantitative estimate of drug-likeness (QED) is 0.808. The summed E-state index contributed by atoms with van der Waals surface area (Å²) in [6.45, 7) is 8.07. The fourth-order valence-electron chi connectivity index (χ4n) is 2.36. The number of hydrogen-bond donors (Lipinski definition) is 2. The summed E-state index contributed by atoms with van der Waals surface area (Å²) in [4.78, 5) is 11.8. The lowest BCUT2D eigenvalue weighted by molar-refractivity contribution is 0.0455. The van der Waals surface area contributed by atoms with Crippen LogP contribution >= 0.6 is 11.3 Å². The summed E-state index contributed by atoms with van der Waals surface area (Å²) in [5.74, 6) is 0. The number of amides is 1. The van der Waals surface area contributed by atoms with Gasteiger partial charge in [-0.3, -0.25) is 0 Å². The van der Waals surface area contributed by atoms with E-state index in [0.717, 1.165) is 19.3 Å². The molecule has 0 aliphatic carbocycles. The predicted molar refractivity (Wildman–Crippen MR) is 86.7 cm³/mol. The van der Waals surface area contributed by atoms with Crippen LogP contribution < -0.4 is 5.32 Å². The maximum absolute atomic E-state index is 11.8. The van der Waals surface area contributed by atoms with Gasteiger partial charge >= 0.3 is 6.09 Å². The second-order valence-corrected chi connectivity index (χ2v) is 7.35. The summed E-state index contributed by atoms with van der Waals surface area (Å²) < 4.78 is 5.26. The highest BCUT2D eigenvalue weighted by atomic mass is 32.1. The Bertz CT molecular complexity index is 425. The Morgan fingerprint density at radius 3 is 2.62 bits per heavy atom. The molecule has 0 spiro atoms. The molecule has 2 N–H and O–H groups in total. The van der Waals surface area contributed by atoms with Crippen molar-refractivity contribution in [2.75, 3.05) is 13.2 Å². The van der Waals surface area contributed by atoms with E-state index in [4.69, 9.17) is 4.74 Å². The van der Waals surface area contributed by atoms with Gasteiger partial charge in [-0.05, 0) is 56.0 Å². The summed E-state index contributed by atoms with van der Waals surface area (Å²) in [7, 11) is 0. The molecule has 1 atom stereocenters. The number of hydrogen-bond acceptors (Lipinski definition) is 4. The Morgan fingerprint density at radius 1 is 1.43 bits per heavy atom. The van der Waals surface area contributed by atoms with E-state index in [0.29, 0.717) is 6.54 Å². The lowest BCUT2D eigenvalue weighted by atomic mass is 9.79. The average Bonchev–Trinajstić information content (AvgIpc) is 2.87. The lowest BCUT2D eigenvalue weighted by Gasteiger charge is -2.32. The number of nitrogens with one attached hydrogen (secondary N) is 1. The lowest BCUT2D eigenvalue weighted by Crippen LogP contribution is -2.43. The molecule has 0 saturated heterocycles. The minimum Gasteiger partial charge on any atom is -0.444 e. The standard InChI is InChI=1S/C16H27NO3S/c1-5-7-16(12-18,9-13-6-8-21-10-13)11-17-14(19)20-15(2,3)4/h6,8,10,18H,5,7,9,11-12H2,1-4H3,(H,17,19). The maximum atomic E-state index is 11.8. The molecule has 0 radical (unpaired) electrons. The molecule has 0 aliphatic rings. The zero-order chi connectivity index (χ0) is 15.9. The van der Waals surface area contributed by atoms with Crippen molar-refractivity contribution in [1.29, 1.82) is 0 Å². The molecule has 1 heterocycles. The summed E-state index contributed by atoms with van der Waals surface area (Å²) >= 11 is 1.65. The van der Waals surface area contributed by atoms with Crippen molar-refractivity contribution in [1.82, 2.24) is 5.32 Å². The molecule has 0 fully saturated rings. The first-order valence-corrected chi connectivity index (χ1v) is 8.33. The highest BCUT2D eigenvalue weighted by Crippen LogP contribution is 2.29. The van der Waals surface area contributed by atoms with Crippen LogP contribution in [0.2, 0.25) is 0 Å². The molecule has 0 aromatic carbocycles. The third-order valence-electron chi connectivity index (χ3n) is 3.28. The first-order valence-electron chi connectivity index (χ1n) is 7.39. The summed E-state index contributed by atoms with van der Waals surface area (Å²) in [6.07, 6.45) is 2.15. The van der Waals surface area contributed by atoms with Crippen molar-refractivity contribution in [3.05, 3.63) is 22.4 Å². The first-order chi connectivity index (χ1) is 9.80. The van der Waals surface area contributed by atoms with Crippen LogP contribution in [0.15, 0.2) is 16.8 Å². The van der Waals surface area contributed by atoms with Crippen molar-refractivity contribution < 1.29 is 14.6 Å². The van der Waals surface area contributed by atoms with E-state index in [2.05, 4.69) is 23.7 Å². The molecule has 21 heavy (non-hydrogen) atoms. The molecule has 1 aromatic rings. The van der Waals surface area contributed by atoms with Crippen LogP contribution in [0.25, 0.3) is 0 Å². The van der Waals surface area contributed by atoms with Crippen LogP contribution in [0.4, 0.5) is 4.79 Å². The van der Waals surface area contributed by atoms with E-state index in [9.17, 15) is 9.90 Å². The molecular formula is C16H27NO3S. The number of rotatable bonds is 7. The zero-order valence-electron chi connectivity index (χ0n) is 13.4. The molecule has 1 rings (SSSR count). The third kappa shape index (κ3) is 6.48. The molecular weight excluding hydrogens is 286 g/mol. The van der Waals surface area contributed by atoms with Crippen molar-refractivity contribution in [2.45, 2.75) is 52.6 Å². The van der Waals surface area contributed by atoms with Crippen LogP contribution in [0.5, 0.6) is 0 Å². The Kier molecular flexibility index (Phi) is 6.68. The average molecular weight is 313 g/mol. The van der Waals surface area contributed by atoms with Gasteiger partial charge < -0.3 is 15.2 Å². The van der Waals surface area contributed by atoms with E-state index >= 15 is 0 Å². The molecule has 1 amide bonds. The molecule has 0 aliphatic heterocycles. The van der Waals surface area contributed by atoms with E-state index < -0.39 is 11.7 Å². The largest absolute Gasteiger partial charge is 0.444 e. The fourth-order valence-corrected chi connectivity index (χ4v) is 3.03. The molecule has 1 aromatic heterocycles. The maximum Gasteiger partial charge on any atom is 0.407 e. The number of carbonyl (C=O) groups excluding carboxylic acids is 1. The van der Waals surface area contributed by atoms with E-state index in [-0.39, 0.29) is 12.0 Å². The summed E-state index contributed by atoms with van der Waals surface area (Å²) in [5, 5.41) is 16.8. The van der Waals surface area contributed by atoms with Gasteiger partial charge in [-0.25, -0.2) is 4.79 Å². The normalized spacial score (nSPS) is 14.5. The summed E-state index contributed by atoms with van der Waals surface area (Å²) in [6, 6.07) is 2.07. The Balaban J connectivity index is 2.67. The topological polar surface area (TPSA) is 58.6 Å². The van der Waals surface area contributed by atoms with E-state index in [1.807, 2.05) is 26.2 Å². The van der Waals surface area contributed by atoms with Crippen molar-refractivity contribution in [2.24, 2.45) is 5.41 Å². The molecule has 5 heteroatoms. The molecule has 1 unspecified atom stereocenters. The van der Waals surface area contributed by atoms with Crippen LogP contribution in [-0.2, 0) is 11.2 Å². The van der Waals surface area contributed by atoms with Gasteiger partial charge in [0.15, 0.2) is 0 Å². The van der Waals surface area contributed by atoms with Gasteiger partial charge in [-0.2, -0.15) is 11.3 Å². The van der Waals surface area contributed by atoms with Gasteiger partial charge in [-0.15, -0.1) is 0 Å². The van der Waals surface area contributed by atoms with Gasteiger partial charge in [0.25, 0.3) is 0 Å². The zero-order valence-corrected chi connectivity index (χ0v) is 14.3. The Hall–Kier alpha value is -1.07. The molecule has 4 nitrogen and oxygen atoms in total. The molecule has 0 saturated carbocycles. The first kappa shape index (κ1) is 18.0. The number of carbonyl (C=O) groups is 1. The number of aliphatic hydroxyl groups excluding tert-OH is 1. The van der Waals surface area contributed by atoms with Gasteiger partial charge in [0.05, 0.1) is 6.61 Å². The van der Waals surface area contributed by atoms with Gasteiger partial charge in [0.2, 0.25) is 0 Å². The number of aliphatic hydroxyl groups is 1. The van der Waals surface area contributed by atoms with Crippen molar-refractivity contribution in [3.63, 3.8) is 0 Å². The molecule has 120 valence electrons. The second-order valence-electron chi connectivity index (χ2n) is 6.57. The van der Waals surface area contributed by atoms with Crippen LogP contribution in [0, 0.1) is 5.41 Å². The second kappa shape index (κ2) is 7.80. The van der Waals surface area contributed by atoms with Crippen LogP contribution in [-0.4, -0.2) is 30.0 Å². The minimum atomic E-state index is -0.510. The SMILES string of the molecule is CCCC(CO)(CNC(=O)OC(C)(C)C)Cc1ccsc1. The van der Waals surface area contributed by atoms with E-state index in [1.165, 1.54) is 5.56 Å². The van der Waals surface area contributed by atoms with Gasteiger partial charge in [-0.1, -0.05) is 13.3 Å². The monoisotopic (exact) mass is 313 g/mol. The van der Waals surface area contributed by atoms with Gasteiger partial charge in [0.1, 0.15) is 5.60 Å². The number of alkyl carbamates (subject to hydrolysis) is 1. The summed E-state index contributed by atoms with van der Waals surface area (Å²) in [5.41, 5.74) is 0.366. The number of thiophene rings is 1. The van der Waals surface area contributed by atoms with Crippen LogP contribution in [0.3, 0.4) is 0 Å². The van der Waals surface area contributed by atoms with Crippen molar-refractivity contribution in [3.8, 4) is 0 Å². The molecule has 0 bridgehead atoms. The number of ether oxygens (including phenoxy) is 1. The van der Waals surface area contributed by atoms with Crippen molar-refractivity contribution >= 4 is 17.4 Å².